The van der Waals surface area contributed by atoms with Gasteiger partial charge in [-0.2, -0.15) is 0 Å². The monoisotopic (exact) mass is 270 g/mol. The van der Waals surface area contributed by atoms with Gasteiger partial charge >= 0.3 is 5.97 Å². The summed E-state index contributed by atoms with van der Waals surface area (Å²) in [5, 5.41) is 12.6. The molecule has 4 atom stereocenters. The molecule has 0 aliphatic heterocycles. The lowest BCUT2D eigenvalue weighted by molar-refractivity contribution is -0.145. The highest BCUT2D eigenvalue weighted by atomic mass is 16.4. The van der Waals surface area contributed by atoms with Gasteiger partial charge in [-0.15, -0.1) is 0 Å². The third-order valence-corrected chi connectivity index (χ3v) is 4.49. The topological polar surface area (TPSA) is 52.6 Å². The maximum Gasteiger partial charge on any atom is 0.323 e. The molecule has 4 unspecified atom stereocenters. The van der Waals surface area contributed by atoms with Crippen molar-refractivity contribution >= 4 is 5.97 Å². The zero-order valence-corrected chi connectivity index (χ0v) is 13.1. The molecule has 0 spiro atoms. The van der Waals surface area contributed by atoms with Gasteiger partial charge in [0.05, 0.1) is 0 Å². The van der Waals surface area contributed by atoms with Crippen LogP contribution in [0.2, 0.25) is 0 Å². The summed E-state index contributed by atoms with van der Waals surface area (Å²) in [6.07, 6.45) is 2.91. The van der Waals surface area contributed by atoms with E-state index in [1.165, 1.54) is 6.42 Å². The molecule has 0 aromatic heterocycles. The summed E-state index contributed by atoms with van der Waals surface area (Å²) in [6, 6.07) is 0.276. The van der Waals surface area contributed by atoms with Gasteiger partial charge < -0.3 is 15.3 Å². The zero-order chi connectivity index (χ0) is 14.6. The lowest BCUT2D eigenvalue weighted by Crippen LogP contribution is -2.53. The minimum atomic E-state index is -0.821. The highest BCUT2D eigenvalue weighted by molar-refractivity contribution is 5.78. The van der Waals surface area contributed by atoms with Crippen molar-refractivity contribution < 1.29 is 9.90 Å². The number of carboxylic acids is 1. The molecule has 0 radical (unpaired) electrons. The molecular weight excluding hydrogens is 240 g/mol. The molecule has 1 rings (SSSR count). The summed E-state index contributed by atoms with van der Waals surface area (Å²) in [4.78, 5) is 13.8. The number of hydrogen-bond acceptors (Lipinski definition) is 3. The van der Waals surface area contributed by atoms with Crippen LogP contribution in [0.3, 0.4) is 0 Å². The first-order chi connectivity index (χ1) is 8.80. The van der Waals surface area contributed by atoms with Gasteiger partial charge in [-0.25, -0.2) is 0 Å². The smallest absolute Gasteiger partial charge is 0.323 e. The van der Waals surface area contributed by atoms with Gasteiger partial charge in [0.15, 0.2) is 0 Å². The van der Waals surface area contributed by atoms with Gasteiger partial charge in [0.25, 0.3) is 0 Å². The van der Waals surface area contributed by atoms with Crippen LogP contribution in [0.5, 0.6) is 0 Å². The first kappa shape index (κ1) is 16.4. The quantitative estimate of drug-likeness (QED) is 0.674. The van der Waals surface area contributed by atoms with Gasteiger partial charge in [-0.05, 0) is 58.5 Å². The molecule has 4 nitrogen and oxygen atoms in total. The van der Waals surface area contributed by atoms with Gasteiger partial charge in [-0.3, -0.25) is 4.79 Å². The number of carboxylic acid groups (broad SMARTS) is 1. The van der Waals surface area contributed by atoms with Crippen LogP contribution in [0.15, 0.2) is 0 Å². The van der Waals surface area contributed by atoms with E-state index in [1.807, 2.05) is 0 Å². The normalized spacial score (nSPS) is 27.1. The molecule has 4 heteroatoms. The average Bonchev–Trinajstić information content (AvgIpc) is 3.01. The number of hydrogen-bond donors (Lipinski definition) is 2. The maximum atomic E-state index is 11.5. The van der Waals surface area contributed by atoms with Gasteiger partial charge in [0, 0.05) is 12.6 Å². The number of nitrogens with one attached hydrogen (secondary N) is 1. The molecule has 1 fully saturated rings. The Hall–Kier alpha value is -0.610. The molecule has 0 saturated heterocycles. The summed E-state index contributed by atoms with van der Waals surface area (Å²) in [5.74, 6) is 0.909. The highest BCUT2D eigenvalue weighted by Gasteiger charge is 2.37. The van der Waals surface area contributed by atoms with Crippen molar-refractivity contribution in [1.29, 1.82) is 0 Å². The number of rotatable bonds is 9. The molecule has 0 aromatic rings. The van der Waals surface area contributed by atoms with Crippen LogP contribution >= 0.6 is 0 Å². The lowest BCUT2D eigenvalue weighted by Gasteiger charge is -2.33. The SMILES string of the molecule is CCCNC(C)(CC(C)N(C)CC1CC1C)C(=O)O. The molecule has 1 aliphatic rings. The Morgan fingerprint density at radius 2 is 2.16 bits per heavy atom. The van der Waals surface area contributed by atoms with Gasteiger partial charge in [-0.1, -0.05) is 13.8 Å². The van der Waals surface area contributed by atoms with E-state index in [-0.39, 0.29) is 6.04 Å². The van der Waals surface area contributed by atoms with E-state index in [0.29, 0.717) is 6.42 Å². The van der Waals surface area contributed by atoms with Gasteiger partial charge in [0.2, 0.25) is 0 Å². The van der Waals surface area contributed by atoms with Crippen molar-refractivity contribution in [3.8, 4) is 0 Å². The largest absolute Gasteiger partial charge is 0.480 e. The second-order valence-corrected chi connectivity index (χ2v) is 6.53. The fraction of sp³-hybridized carbons (Fsp3) is 0.933. The minimum absolute atomic E-state index is 0.276. The Morgan fingerprint density at radius 1 is 1.58 bits per heavy atom. The molecule has 19 heavy (non-hydrogen) atoms. The number of carbonyl (C=O) groups is 1. The maximum absolute atomic E-state index is 11.5. The summed E-state index contributed by atoms with van der Waals surface area (Å²) in [5.41, 5.74) is -0.821. The van der Waals surface area contributed by atoms with E-state index in [4.69, 9.17) is 0 Å². The Balaban J connectivity index is 2.49. The van der Waals surface area contributed by atoms with Crippen molar-refractivity contribution in [3.05, 3.63) is 0 Å². The van der Waals surface area contributed by atoms with Crippen molar-refractivity contribution in [2.45, 2.75) is 58.5 Å². The summed E-state index contributed by atoms with van der Waals surface area (Å²) in [7, 11) is 2.11. The third-order valence-electron chi connectivity index (χ3n) is 4.49. The van der Waals surface area contributed by atoms with Crippen molar-refractivity contribution in [3.63, 3.8) is 0 Å². The van der Waals surface area contributed by atoms with Crippen LogP contribution in [-0.2, 0) is 4.79 Å². The third kappa shape index (κ3) is 4.77. The zero-order valence-electron chi connectivity index (χ0n) is 13.1. The van der Waals surface area contributed by atoms with Crippen LogP contribution in [0.1, 0.15) is 47.0 Å². The van der Waals surface area contributed by atoms with Gasteiger partial charge in [0.1, 0.15) is 5.54 Å². The van der Waals surface area contributed by atoms with Crippen LogP contribution in [0.25, 0.3) is 0 Å². The molecule has 0 amide bonds. The van der Waals surface area contributed by atoms with Crippen molar-refractivity contribution in [1.82, 2.24) is 10.2 Å². The Labute approximate surface area is 117 Å². The first-order valence-corrected chi connectivity index (χ1v) is 7.48. The lowest BCUT2D eigenvalue weighted by atomic mass is 9.92. The fourth-order valence-electron chi connectivity index (χ4n) is 2.59. The second kappa shape index (κ2) is 6.71. The predicted octanol–water partition coefficient (Wildman–Crippen LogP) is 2.20. The van der Waals surface area contributed by atoms with Crippen LogP contribution in [0.4, 0.5) is 0 Å². The summed E-state index contributed by atoms with van der Waals surface area (Å²) < 4.78 is 0. The molecule has 1 aliphatic carbocycles. The van der Waals surface area contributed by atoms with Crippen molar-refractivity contribution in [2.24, 2.45) is 11.8 Å². The highest BCUT2D eigenvalue weighted by Crippen LogP contribution is 2.38. The molecular formula is C15H30N2O2. The Bertz CT molecular complexity index is 309. The first-order valence-electron chi connectivity index (χ1n) is 7.48. The summed E-state index contributed by atoms with van der Waals surface area (Å²) >= 11 is 0. The molecule has 0 aromatic carbocycles. The van der Waals surface area contributed by atoms with Crippen LogP contribution < -0.4 is 5.32 Å². The standard InChI is InChI=1S/C15H30N2O2/c1-6-7-16-15(4,14(18)19)9-12(3)17(5)10-13-8-11(13)2/h11-13,16H,6-10H2,1-5H3,(H,18,19). The fourth-order valence-corrected chi connectivity index (χ4v) is 2.59. The number of nitrogens with zero attached hydrogens (tertiary/aromatic N) is 1. The van der Waals surface area contributed by atoms with E-state index < -0.39 is 11.5 Å². The average molecular weight is 270 g/mol. The summed E-state index contributed by atoms with van der Waals surface area (Å²) in [6.45, 7) is 10.1. The Morgan fingerprint density at radius 3 is 2.58 bits per heavy atom. The predicted molar refractivity (Wildman–Crippen MR) is 78.3 cm³/mol. The van der Waals surface area contributed by atoms with E-state index in [9.17, 15) is 9.90 Å². The minimum Gasteiger partial charge on any atom is -0.480 e. The van der Waals surface area contributed by atoms with E-state index >= 15 is 0 Å². The van der Waals surface area contributed by atoms with E-state index in [1.54, 1.807) is 6.92 Å². The Kier molecular flexibility index (Phi) is 5.81. The molecule has 1 saturated carbocycles. The molecule has 0 bridgehead atoms. The van der Waals surface area contributed by atoms with E-state index in [0.717, 1.165) is 31.3 Å². The van der Waals surface area contributed by atoms with Crippen LogP contribution in [0, 0.1) is 11.8 Å². The number of aliphatic carboxylic acids is 1. The molecule has 112 valence electrons. The van der Waals surface area contributed by atoms with Crippen molar-refractivity contribution in [2.75, 3.05) is 20.1 Å². The second-order valence-electron chi connectivity index (χ2n) is 6.53. The molecule has 2 N–H and O–H groups in total. The van der Waals surface area contributed by atoms with E-state index in [2.05, 4.69) is 38.0 Å². The molecule has 0 heterocycles. The van der Waals surface area contributed by atoms with Crippen LogP contribution in [-0.4, -0.2) is 47.7 Å².